The summed E-state index contributed by atoms with van der Waals surface area (Å²) in [6, 6.07) is 0.575. The van der Waals surface area contributed by atoms with Gasteiger partial charge in [0.05, 0.1) is 19.3 Å². The lowest BCUT2D eigenvalue weighted by Gasteiger charge is -2.22. The largest absolute Gasteiger partial charge is 0.458 e. The molecule has 1 saturated heterocycles. The zero-order valence-electron chi connectivity index (χ0n) is 12.2. The van der Waals surface area contributed by atoms with Crippen LogP contribution in [0.4, 0.5) is 0 Å². The van der Waals surface area contributed by atoms with Crippen LogP contribution < -0.4 is 10.5 Å². The molecule has 126 valence electrons. The number of primary sulfonamides is 1. The first-order valence-electron chi connectivity index (χ1n) is 6.72. The van der Waals surface area contributed by atoms with E-state index in [4.69, 9.17) is 14.3 Å². The molecule has 10 heteroatoms. The normalized spacial score (nSPS) is 19.0. The molecule has 0 spiro atoms. The number of hydrogen-bond donors (Lipinski definition) is 2. The first-order chi connectivity index (χ1) is 10.8. The van der Waals surface area contributed by atoms with Gasteiger partial charge in [0.25, 0.3) is 5.91 Å². The Hall–Kier alpha value is -2.17. The number of carbonyl (C=O) groups excluding carboxylic acids is 2. The van der Waals surface area contributed by atoms with Crippen molar-refractivity contribution in [3.05, 3.63) is 30.7 Å². The summed E-state index contributed by atoms with van der Waals surface area (Å²) in [6.07, 6.45) is 2.08. The van der Waals surface area contributed by atoms with Crippen molar-refractivity contribution in [2.45, 2.75) is 10.9 Å². The van der Waals surface area contributed by atoms with Gasteiger partial charge in [-0.25, -0.2) is 13.6 Å². The number of rotatable bonds is 4. The molecular weight excluding hydrogens is 326 g/mol. The minimum absolute atomic E-state index is 0.195. The van der Waals surface area contributed by atoms with Crippen LogP contribution in [0.5, 0.6) is 0 Å². The van der Waals surface area contributed by atoms with E-state index in [1.807, 2.05) is 0 Å². The predicted molar refractivity (Wildman–Crippen MR) is 78.9 cm³/mol. The number of ether oxygens (including phenoxy) is 1. The molecule has 1 aromatic heterocycles. The van der Waals surface area contributed by atoms with Gasteiger partial charge < -0.3 is 19.4 Å². The van der Waals surface area contributed by atoms with Crippen molar-refractivity contribution >= 4 is 21.8 Å². The summed E-state index contributed by atoms with van der Waals surface area (Å²) in [6.45, 7) is 4.64. The number of furan rings is 1. The van der Waals surface area contributed by atoms with Gasteiger partial charge in [-0.05, 0) is 6.08 Å². The second-order valence-electron chi connectivity index (χ2n) is 4.93. The van der Waals surface area contributed by atoms with Gasteiger partial charge in [0.1, 0.15) is 11.2 Å². The number of hydrogen-bond acceptors (Lipinski definition) is 6. The maximum absolute atomic E-state index is 12.1. The first kappa shape index (κ1) is 17.2. The van der Waals surface area contributed by atoms with Crippen molar-refractivity contribution in [3.63, 3.8) is 0 Å². The van der Waals surface area contributed by atoms with Gasteiger partial charge >= 0.3 is 0 Å². The van der Waals surface area contributed by atoms with Gasteiger partial charge in [-0.1, -0.05) is 6.58 Å². The van der Waals surface area contributed by atoms with Crippen molar-refractivity contribution < 1.29 is 27.2 Å². The summed E-state index contributed by atoms with van der Waals surface area (Å²) < 4.78 is 32.6. The maximum Gasteiger partial charge on any atom is 0.287 e. The van der Waals surface area contributed by atoms with E-state index in [-0.39, 0.29) is 29.7 Å². The fraction of sp³-hybridized carbons (Fsp3) is 0.385. The summed E-state index contributed by atoms with van der Waals surface area (Å²) in [5.74, 6) is -1.08. The van der Waals surface area contributed by atoms with Crippen molar-refractivity contribution in [1.29, 1.82) is 0 Å². The first-order valence-corrected chi connectivity index (χ1v) is 8.27. The molecule has 1 aliphatic rings. The number of nitrogens with two attached hydrogens (primary N) is 1. The summed E-state index contributed by atoms with van der Waals surface area (Å²) in [5, 5.41) is 7.58. The minimum Gasteiger partial charge on any atom is -0.458 e. The third kappa shape index (κ3) is 4.41. The summed E-state index contributed by atoms with van der Waals surface area (Å²) in [7, 11) is -3.94. The Kier molecular flexibility index (Phi) is 5.19. The number of sulfonamides is 1. The molecule has 1 atom stereocenters. The van der Waals surface area contributed by atoms with E-state index in [2.05, 4.69) is 11.9 Å². The van der Waals surface area contributed by atoms with Gasteiger partial charge in [0, 0.05) is 19.2 Å². The Morgan fingerprint density at radius 3 is 2.83 bits per heavy atom. The molecule has 0 radical (unpaired) electrons. The van der Waals surface area contributed by atoms with Crippen LogP contribution in [0.2, 0.25) is 0 Å². The minimum atomic E-state index is -3.94. The van der Waals surface area contributed by atoms with Crippen molar-refractivity contribution in [3.8, 4) is 0 Å². The van der Waals surface area contributed by atoms with Gasteiger partial charge in [-0.2, -0.15) is 0 Å². The van der Waals surface area contributed by atoms with Crippen LogP contribution in [0.25, 0.3) is 0 Å². The Bertz CT molecular complexity index is 711. The molecule has 2 rings (SSSR count). The molecule has 0 aliphatic carbocycles. The van der Waals surface area contributed by atoms with E-state index in [9.17, 15) is 18.0 Å². The molecule has 3 N–H and O–H groups in total. The van der Waals surface area contributed by atoms with Gasteiger partial charge in [0.2, 0.25) is 15.9 Å². The maximum atomic E-state index is 12.1. The number of carbonyl (C=O) groups is 2. The Labute approximate surface area is 133 Å². The Morgan fingerprint density at radius 2 is 2.22 bits per heavy atom. The van der Waals surface area contributed by atoms with Crippen molar-refractivity contribution in [1.82, 2.24) is 10.2 Å². The van der Waals surface area contributed by atoms with Crippen LogP contribution in [0, 0.1) is 0 Å². The van der Waals surface area contributed by atoms with Crippen molar-refractivity contribution in [2.24, 2.45) is 5.14 Å². The Morgan fingerprint density at radius 1 is 1.48 bits per heavy atom. The smallest absolute Gasteiger partial charge is 0.287 e. The monoisotopic (exact) mass is 343 g/mol. The molecule has 0 aromatic carbocycles. The lowest BCUT2D eigenvalue weighted by Crippen LogP contribution is -2.46. The second-order valence-corrected chi connectivity index (χ2v) is 6.49. The zero-order chi connectivity index (χ0) is 17.0. The average molecular weight is 343 g/mol. The molecule has 2 amide bonds. The number of nitrogens with zero attached hydrogens (tertiary/aromatic N) is 1. The van der Waals surface area contributed by atoms with E-state index >= 15 is 0 Å². The Balaban J connectivity index is 2.05. The van der Waals surface area contributed by atoms with Gasteiger partial charge in [-0.15, -0.1) is 0 Å². The quantitative estimate of drug-likeness (QED) is 0.679. The highest BCUT2D eigenvalue weighted by molar-refractivity contribution is 7.89. The SMILES string of the molecule is C=CC(=O)N1CCOCC(NC(=O)c2cc(S(N)(=O)=O)co2)C1. The zero-order valence-corrected chi connectivity index (χ0v) is 13.0. The molecule has 9 nitrogen and oxygen atoms in total. The van der Waals surface area contributed by atoms with Crippen molar-refractivity contribution in [2.75, 3.05) is 26.3 Å². The second kappa shape index (κ2) is 6.94. The van der Waals surface area contributed by atoms with E-state index in [0.717, 1.165) is 12.3 Å². The number of amides is 2. The highest BCUT2D eigenvalue weighted by Gasteiger charge is 2.24. The molecule has 2 heterocycles. The summed E-state index contributed by atoms with van der Waals surface area (Å²) >= 11 is 0. The average Bonchev–Trinajstić information content (AvgIpc) is 2.89. The molecular formula is C13H17N3O6S. The lowest BCUT2D eigenvalue weighted by atomic mass is 10.2. The fourth-order valence-electron chi connectivity index (χ4n) is 2.07. The lowest BCUT2D eigenvalue weighted by molar-refractivity contribution is -0.126. The van der Waals surface area contributed by atoms with Gasteiger partial charge in [0.15, 0.2) is 5.76 Å². The van der Waals surface area contributed by atoms with Crippen LogP contribution in [0.3, 0.4) is 0 Å². The molecule has 0 saturated carbocycles. The molecule has 1 aliphatic heterocycles. The summed E-state index contributed by atoms with van der Waals surface area (Å²) in [4.78, 5) is 25.0. The van der Waals surface area contributed by atoms with Crippen LogP contribution >= 0.6 is 0 Å². The van der Waals surface area contributed by atoms with E-state index in [0.29, 0.717) is 13.2 Å². The predicted octanol–water partition coefficient (Wildman–Crippen LogP) is -0.930. The summed E-state index contributed by atoms with van der Waals surface area (Å²) in [5.41, 5.74) is 0. The number of nitrogens with one attached hydrogen (secondary N) is 1. The van der Waals surface area contributed by atoms with E-state index < -0.39 is 22.0 Å². The highest BCUT2D eigenvalue weighted by atomic mass is 32.2. The third-order valence-electron chi connectivity index (χ3n) is 3.21. The van der Waals surface area contributed by atoms with Crippen LogP contribution in [-0.2, 0) is 19.6 Å². The van der Waals surface area contributed by atoms with Gasteiger partial charge in [-0.3, -0.25) is 9.59 Å². The molecule has 1 aromatic rings. The molecule has 1 fully saturated rings. The van der Waals surface area contributed by atoms with E-state index in [1.165, 1.54) is 11.0 Å². The standard InChI is InChI=1S/C13H17N3O6S/c1-2-12(17)16-3-4-21-7-9(6-16)15-13(18)11-5-10(8-22-11)23(14,19)20/h2,5,8-9H,1,3-4,6-7H2,(H,15,18)(H2,14,19,20). The molecule has 1 unspecified atom stereocenters. The van der Waals surface area contributed by atoms with E-state index in [1.54, 1.807) is 0 Å². The fourth-order valence-corrected chi connectivity index (χ4v) is 2.52. The van der Waals surface area contributed by atoms with Crippen LogP contribution in [0.1, 0.15) is 10.6 Å². The highest BCUT2D eigenvalue weighted by Crippen LogP contribution is 2.12. The van der Waals surface area contributed by atoms with Crippen LogP contribution in [-0.4, -0.2) is 57.5 Å². The third-order valence-corrected chi connectivity index (χ3v) is 4.09. The molecule has 0 bridgehead atoms. The van der Waals surface area contributed by atoms with Crippen LogP contribution in [0.15, 0.2) is 34.3 Å². The topological polar surface area (TPSA) is 132 Å². The molecule has 23 heavy (non-hydrogen) atoms.